The largest absolute Gasteiger partial charge is 0.375 e. The third-order valence-corrected chi connectivity index (χ3v) is 1.63. The highest BCUT2D eigenvalue weighted by Gasteiger charge is 2.03. The number of hydrogen-bond acceptors (Lipinski definition) is 3. The molecular weight excluding hydrogens is 154 g/mol. The van der Waals surface area contributed by atoms with Crippen LogP contribution in [0.5, 0.6) is 0 Å². The van der Waals surface area contributed by atoms with Crippen molar-refractivity contribution in [2.45, 2.75) is 13.2 Å². The molecule has 3 heteroatoms. The van der Waals surface area contributed by atoms with Crippen LogP contribution in [-0.2, 0) is 0 Å². The summed E-state index contributed by atoms with van der Waals surface area (Å²) in [7, 11) is 0. The summed E-state index contributed by atoms with van der Waals surface area (Å²) < 4.78 is 0. The van der Waals surface area contributed by atoms with Crippen LogP contribution in [0.3, 0.4) is 0 Å². The first-order valence-corrected chi connectivity index (χ1v) is 3.66. The fourth-order valence-corrected chi connectivity index (χ4v) is 0.942. The molecule has 0 bridgehead atoms. The van der Waals surface area contributed by atoms with Gasteiger partial charge in [0.15, 0.2) is 5.78 Å². The van der Waals surface area contributed by atoms with Crippen LogP contribution in [-0.4, -0.2) is 10.9 Å². The van der Waals surface area contributed by atoms with E-state index in [1.54, 1.807) is 24.3 Å². The highest BCUT2D eigenvalue weighted by molar-refractivity contribution is 5.94. The number of ketones is 1. The molecule has 0 aliphatic rings. The fraction of sp³-hybridized carbons (Fsp3) is 0.222. The average molecular weight is 165 g/mol. The molecule has 0 aromatic heterocycles. The van der Waals surface area contributed by atoms with E-state index in [1.165, 1.54) is 6.92 Å². The van der Waals surface area contributed by atoms with E-state index in [2.05, 4.69) is 0 Å². The van der Waals surface area contributed by atoms with Gasteiger partial charge in [-0.2, -0.15) is 0 Å². The lowest BCUT2D eigenvalue weighted by molar-refractivity contribution is 0.101. The first kappa shape index (κ1) is 8.90. The SMILES string of the molecule is CC(=O)c1cccc([C@@H](N)O)c1. The molecule has 0 spiro atoms. The summed E-state index contributed by atoms with van der Waals surface area (Å²) >= 11 is 0. The molecule has 1 aromatic carbocycles. The third kappa shape index (κ3) is 1.90. The van der Waals surface area contributed by atoms with Gasteiger partial charge in [-0.15, -0.1) is 0 Å². The molecule has 0 aliphatic heterocycles. The zero-order valence-electron chi connectivity index (χ0n) is 6.82. The van der Waals surface area contributed by atoms with Gasteiger partial charge in [0, 0.05) is 5.56 Å². The summed E-state index contributed by atoms with van der Waals surface area (Å²) in [5, 5.41) is 9.00. The first-order chi connectivity index (χ1) is 5.61. The number of carbonyl (C=O) groups is 1. The van der Waals surface area contributed by atoms with Crippen LogP contribution in [0.1, 0.15) is 29.1 Å². The normalized spacial score (nSPS) is 12.6. The number of hydrogen-bond donors (Lipinski definition) is 2. The lowest BCUT2D eigenvalue weighted by atomic mass is 10.1. The Labute approximate surface area is 70.8 Å². The summed E-state index contributed by atoms with van der Waals surface area (Å²) in [4.78, 5) is 10.9. The van der Waals surface area contributed by atoms with E-state index in [0.29, 0.717) is 11.1 Å². The van der Waals surface area contributed by atoms with Crippen LogP contribution in [0.4, 0.5) is 0 Å². The smallest absolute Gasteiger partial charge is 0.159 e. The van der Waals surface area contributed by atoms with Crippen LogP contribution in [0.25, 0.3) is 0 Å². The molecule has 3 nitrogen and oxygen atoms in total. The van der Waals surface area contributed by atoms with Gasteiger partial charge in [0.1, 0.15) is 6.23 Å². The number of aliphatic hydroxyl groups excluding tert-OH is 1. The minimum atomic E-state index is -1.01. The molecule has 64 valence electrons. The Morgan fingerprint density at radius 2 is 2.25 bits per heavy atom. The lowest BCUT2D eigenvalue weighted by Crippen LogP contribution is -2.09. The standard InChI is InChI=1S/C9H11NO2/c1-6(11)7-3-2-4-8(5-7)9(10)12/h2-5,9,12H,10H2,1H3/t9-/m0/s1. The van der Waals surface area contributed by atoms with Crippen molar-refractivity contribution >= 4 is 5.78 Å². The number of Topliss-reactive ketones (excluding diaryl/α,β-unsaturated/α-hetero) is 1. The molecule has 1 rings (SSSR count). The number of nitrogens with two attached hydrogens (primary N) is 1. The number of rotatable bonds is 2. The van der Waals surface area contributed by atoms with Crippen molar-refractivity contribution < 1.29 is 9.90 Å². The molecular formula is C9H11NO2. The molecule has 3 N–H and O–H groups in total. The Morgan fingerprint density at radius 3 is 2.75 bits per heavy atom. The molecule has 0 unspecified atom stereocenters. The van der Waals surface area contributed by atoms with Crippen molar-refractivity contribution in [1.29, 1.82) is 0 Å². The molecule has 0 saturated heterocycles. The van der Waals surface area contributed by atoms with Crippen LogP contribution in [0.15, 0.2) is 24.3 Å². The Kier molecular flexibility index (Phi) is 2.58. The number of aliphatic hydroxyl groups is 1. The molecule has 1 atom stereocenters. The first-order valence-electron chi connectivity index (χ1n) is 3.66. The maximum absolute atomic E-state index is 10.9. The van der Waals surface area contributed by atoms with E-state index in [1.807, 2.05) is 0 Å². The highest BCUT2D eigenvalue weighted by Crippen LogP contribution is 2.10. The molecule has 12 heavy (non-hydrogen) atoms. The fourth-order valence-electron chi connectivity index (χ4n) is 0.942. The van der Waals surface area contributed by atoms with Crippen LogP contribution >= 0.6 is 0 Å². The molecule has 0 radical (unpaired) electrons. The maximum Gasteiger partial charge on any atom is 0.159 e. The molecule has 0 saturated carbocycles. The molecule has 0 amide bonds. The van der Waals surface area contributed by atoms with Crippen molar-refractivity contribution in [2.24, 2.45) is 5.73 Å². The van der Waals surface area contributed by atoms with Crippen LogP contribution in [0, 0.1) is 0 Å². The number of carbonyl (C=O) groups excluding carboxylic acids is 1. The van der Waals surface area contributed by atoms with Gasteiger partial charge < -0.3 is 10.8 Å². The monoisotopic (exact) mass is 165 g/mol. The van der Waals surface area contributed by atoms with E-state index in [9.17, 15) is 4.79 Å². The van der Waals surface area contributed by atoms with Crippen molar-refractivity contribution in [3.8, 4) is 0 Å². The summed E-state index contributed by atoms with van der Waals surface area (Å²) in [6, 6.07) is 6.65. The molecule has 1 aromatic rings. The van der Waals surface area contributed by atoms with Crippen molar-refractivity contribution in [2.75, 3.05) is 0 Å². The second-order valence-corrected chi connectivity index (χ2v) is 2.63. The van der Waals surface area contributed by atoms with Gasteiger partial charge in [0.05, 0.1) is 0 Å². The maximum atomic E-state index is 10.9. The Morgan fingerprint density at radius 1 is 1.58 bits per heavy atom. The van der Waals surface area contributed by atoms with E-state index in [-0.39, 0.29) is 5.78 Å². The summed E-state index contributed by atoms with van der Waals surface area (Å²) in [6.45, 7) is 1.47. The van der Waals surface area contributed by atoms with E-state index >= 15 is 0 Å². The molecule has 0 fully saturated rings. The minimum absolute atomic E-state index is 0.0301. The summed E-state index contributed by atoms with van der Waals surface area (Å²) in [5.74, 6) is -0.0301. The topological polar surface area (TPSA) is 63.3 Å². The van der Waals surface area contributed by atoms with E-state index in [0.717, 1.165) is 0 Å². The molecule has 0 aliphatic carbocycles. The summed E-state index contributed by atoms with van der Waals surface area (Å²) in [6.07, 6.45) is -1.01. The Balaban J connectivity index is 3.04. The van der Waals surface area contributed by atoms with Crippen molar-refractivity contribution in [1.82, 2.24) is 0 Å². The van der Waals surface area contributed by atoms with E-state index in [4.69, 9.17) is 10.8 Å². The number of benzene rings is 1. The van der Waals surface area contributed by atoms with Crippen LogP contribution in [0.2, 0.25) is 0 Å². The van der Waals surface area contributed by atoms with Gasteiger partial charge in [-0.1, -0.05) is 18.2 Å². The molecule has 0 heterocycles. The minimum Gasteiger partial charge on any atom is -0.375 e. The van der Waals surface area contributed by atoms with Crippen molar-refractivity contribution in [3.63, 3.8) is 0 Å². The third-order valence-electron chi connectivity index (χ3n) is 1.63. The predicted molar refractivity (Wildman–Crippen MR) is 45.6 cm³/mol. The second kappa shape index (κ2) is 3.47. The van der Waals surface area contributed by atoms with Gasteiger partial charge in [-0.3, -0.25) is 4.79 Å². The zero-order valence-corrected chi connectivity index (χ0v) is 6.82. The van der Waals surface area contributed by atoms with Crippen molar-refractivity contribution in [3.05, 3.63) is 35.4 Å². The Hall–Kier alpha value is -1.19. The quantitative estimate of drug-likeness (QED) is 0.504. The highest BCUT2D eigenvalue weighted by atomic mass is 16.3. The van der Waals surface area contributed by atoms with Gasteiger partial charge in [-0.05, 0) is 18.6 Å². The van der Waals surface area contributed by atoms with Gasteiger partial charge in [-0.25, -0.2) is 0 Å². The zero-order chi connectivity index (χ0) is 9.14. The average Bonchev–Trinajstić information content (AvgIpc) is 2.04. The van der Waals surface area contributed by atoms with Gasteiger partial charge >= 0.3 is 0 Å². The van der Waals surface area contributed by atoms with Crippen LogP contribution < -0.4 is 5.73 Å². The van der Waals surface area contributed by atoms with Gasteiger partial charge in [0.25, 0.3) is 0 Å². The van der Waals surface area contributed by atoms with E-state index < -0.39 is 6.23 Å². The summed E-state index contributed by atoms with van der Waals surface area (Å²) in [5.41, 5.74) is 6.35. The Bertz CT molecular complexity index is 294. The second-order valence-electron chi connectivity index (χ2n) is 2.63. The van der Waals surface area contributed by atoms with Gasteiger partial charge in [0.2, 0.25) is 0 Å². The predicted octanol–water partition coefficient (Wildman–Crippen LogP) is 0.839. The lowest BCUT2D eigenvalue weighted by Gasteiger charge is -2.04.